The van der Waals surface area contributed by atoms with Gasteiger partial charge in [-0.2, -0.15) is 0 Å². The summed E-state index contributed by atoms with van der Waals surface area (Å²) in [5.41, 5.74) is 0. The van der Waals surface area contributed by atoms with Gasteiger partial charge in [-0.3, -0.25) is 0 Å². The monoisotopic (exact) mass is 226 g/mol. The first kappa shape index (κ1) is 12.3. The van der Waals surface area contributed by atoms with Gasteiger partial charge >= 0.3 is 0 Å². The molecule has 0 aliphatic heterocycles. The first-order valence-corrected chi connectivity index (χ1v) is 6.95. The summed E-state index contributed by atoms with van der Waals surface area (Å²) < 4.78 is 10.7. The Morgan fingerprint density at radius 1 is 1.07 bits per heavy atom. The largest absolute Gasteiger partial charge is 0.493 e. The molecule has 0 aliphatic rings. The molecule has 0 N–H and O–H groups in total. The lowest BCUT2D eigenvalue weighted by Gasteiger charge is -2.18. The van der Waals surface area contributed by atoms with Crippen LogP contribution in [0.2, 0.25) is 0 Å². The summed E-state index contributed by atoms with van der Waals surface area (Å²) in [6, 6.07) is 6.14. The Balaban J connectivity index is 3.15. The fourth-order valence-corrected chi connectivity index (χ4v) is 3.60. The van der Waals surface area contributed by atoms with E-state index in [0.29, 0.717) is 0 Å². The molecule has 15 heavy (non-hydrogen) atoms. The molecule has 0 heterocycles. The van der Waals surface area contributed by atoms with Crippen LogP contribution < -0.4 is 14.8 Å². The van der Waals surface area contributed by atoms with Crippen molar-refractivity contribution in [2.24, 2.45) is 0 Å². The second-order valence-corrected chi connectivity index (χ2v) is 6.01. The lowest BCUT2D eigenvalue weighted by Crippen LogP contribution is -2.09. The third-order valence-electron chi connectivity index (χ3n) is 2.49. The molecule has 0 atom stereocenters. The highest BCUT2D eigenvalue weighted by Crippen LogP contribution is 2.40. The van der Waals surface area contributed by atoms with Gasteiger partial charge in [-0.05, 0) is 18.4 Å². The lowest BCUT2D eigenvalue weighted by atomic mass is 10.3. The first-order valence-electron chi connectivity index (χ1n) is 5.24. The van der Waals surface area contributed by atoms with E-state index in [2.05, 4.69) is 19.9 Å². The van der Waals surface area contributed by atoms with Crippen LogP contribution in [-0.4, -0.2) is 26.5 Å². The molecular formula is C12H19O2P. The zero-order valence-electron chi connectivity index (χ0n) is 9.91. The summed E-state index contributed by atoms with van der Waals surface area (Å²) in [6.45, 7) is 4.46. The molecule has 0 saturated carbocycles. The van der Waals surface area contributed by atoms with Gasteiger partial charge in [0.2, 0.25) is 0 Å². The van der Waals surface area contributed by atoms with Crippen LogP contribution in [0.4, 0.5) is 0 Å². The van der Waals surface area contributed by atoms with Gasteiger partial charge in [0.25, 0.3) is 0 Å². The maximum atomic E-state index is 5.44. The summed E-state index contributed by atoms with van der Waals surface area (Å²) in [4.78, 5) is 0. The predicted molar refractivity (Wildman–Crippen MR) is 67.2 cm³/mol. The van der Waals surface area contributed by atoms with Gasteiger partial charge < -0.3 is 9.47 Å². The van der Waals surface area contributed by atoms with Crippen LogP contribution in [0, 0.1) is 0 Å². The highest BCUT2D eigenvalue weighted by atomic mass is 31.1. The van der Waals surface area contributed by atoms with E-state index in [-0.39, 0.29) is 7.92 Å². The van der Waals surface area contributed by atoms with Gasteiger partial charge in [-0.15, -0.1) is 0 Å². The van der Waals surface area contributed by atoms with Crippen molar-refractivity contribution >= 4 is 13.2 Å². The maximum absolute atomic E-state index is 5.44. The fourth-order valence-electron chi connectivity index (χ4n) is 1.68. The molecule has 1 rings (SSSR count). The summed E-state index contributed by atoms with van der Waals surface area (Å²) in [7, 11) is 3.29. The highest BCUT2D eigenvalue weighted by molar-refractivity contribution is 7.65. The van der Waals surface area contributed by atoms with Gasteiger partial charge in [-0.1, -0.05) is 33.9 Å². The maximum Gasteiger partial charge on any atom is 0.168 e. The third-order valence-corrected chi connectivity index (χ3v) is 5.05. The van der Waals surface area contributed by atoms with Crippen molar-refractivity contribution in [2.45, 2.75) is 13.8 Å². The van der Waals surface area contributed by atoms with Crippen molar-refractivity contribution in [3.05, 3.63) is 18.2 Å². The van der Waals surface area contributed by atoms with Crippen LogP contribution in [0.1, 0.15) is 13.8 Å². The van der Waals surface area contributed by atoms with Crippen LogP contribution in [0.5, 0.6) is 11.5 Å². The number of para-hydroxylation sites is 1. The lowest BCUT2D eigenvalue weighted by molar-refractivity contribution is 0.357. The first-order chi connectivity index (χ1) is 7.28. The Morgan fingerprint density at radius 2 is 1.73 bits per heavy atom. The van der Waals surface area contributed by atoms with Crippen LogP contribution in [0.25, 0.3) is 0 Å². The SMILES string of the molecule is CCP(CC)c1cccc(OC)c1OC. The van der Waals surface area contributed by atoms with Gasteiger partial charge in [0.15, 0.2) is 11.5 Å². The van der Waals surface area contributed by atoms with Crippen LogP contribution >= 0.6 is 7.92 Å². The van der Waals surface area contributed by atoms with E-state index in [9.17, 15) is 0 Å². The zero-order valence-corrected chi connectivity index (χ0v) is 10.8. The molecule has 0 fully saturated rings. The third kappa shape index (κ3) is 2.63. The van der Waals surface area contributed by atoms with E-state index in [1.807, 2.05) is 12.1 Å². The number of rotatable bonds is 5. The minimum atomic E-state index is -0.105. The minimum absolute atomic E-state index is 0.105. The molecule has 84 valence electrons. The summed E-state index contributed by atoms with van der Waals surface area (Å²) in [6.07, 6.45) is 2.38. The van der Waals surface area contributed by atoms with E-state index < -0.39 is 0 Å². The van der Waals surface area contributed by atoms with Crippen molar-refractivity contribution in [1.29, 1.82) is 0 Å². The van der Waals surface area contributed by atoms with Gasteiger partial charge in [0, 0.05) is 5.30 Å². The Labute approximate surface area is 93.3 Å². The van der Waals surface area contributed by atoms with Crippen molar-refractivity contribution in [2.75, 3.05) is 26.5 Å². The van der Waals surface area contributed by atoms with Gasteiger partial charge in [0.05, 0.1) is 14.2 Å². The number of hydrogen-bond donors (Lipinski definition) is 0. The van der Waals surface area contributed by atoms with E-state index in [4.69, 9.17) is 9.47 Å². The molecule has 0 saturated heterocycles. The molecule has 3 heteroatoms. The topological polar surface area (TPSA) is 18.5 Å². The Hall–Kier alpha value is -0.750. The molecule has 0 amide bonds. The van der Waals surface area contributed by atoms with Crippen LogP contribution in [0.3, 0.4) is 0 Å². The Bertz CT molecular complexity index is 308. The van der Waals surface area contributed by atoms with E-state index in [1.54, 1.807) is 14.2 Å². The molecule has 2 nitrogen and oxygen atoms in total. The summed E-state index contributed by atoms with van der Waals surface area (Å²) in [5.74, 6) is 1.75. The quantitative estimate of drug-likeness (QED) is 0.719. The summed E-state index contributed by atoms with van der Waals surface area (Å²) in [5, 5.41) is 1.32. The highest BCUT2D eigenvalue weighted by Gasteiger charge is 2.15. The predicted octanol–water partition coefficient (Wildman–Crippen LogP) is 2.85. The Morgan fingerprint density at radius 3 is 2.20 bits per heavy atom. The number of ether oxygens (including phenoxy) is 2. The van der Waals surface area contributed by atoms with E-state index >= 15 is 0 Å². The second-order valence-electron chi connectivity index (χ2n) is 3.18. The molecule has 0 spiro atoms. The molecule has 0 unspecified atom stereocenters. The number of hydrogen-bond acceptors (Lipinski definition) is 2. The van der Waals surface area contributed by atoms with E-state index in [1.165, 1.54) is 17.6 Å². The van der Waals surface area contributed by atoms with Crippen molar-refractivity contribution in [3.63, 3.8) is 0 Å². The number of methoxy groups -OCH3 is 2. The van der Waals surface area contributed by atoms with Gasteiger partial charge in [0.1, 0.15) is 0 Å². The summed E-state index contributed by atoms with van der Waals surface area (Å²) >= 11 is 0. The molecule has 0 radical (unpaired) electrons. The standard InChI is InChI=1S/C12H19O2P/c1-5-15(6-2)11-9-7-8-10(13-3)12(11)14-4/h7-9H,5-6H2,1-4H3. The molecule has 0 aliphatic carbocycles. The molecule has 0 aromatic heterocycles. The van der Waals surface area contributed by atoms with Gasteiger partial charge in [-0.25, -0.2) is 0 Å². The van der Waals surface area contributed by atoms with Crippen molar-refractivity contribution in [1.82, 2.24) is 0 Å². The average Bonchev–Trinajstić information content (AvgIpc) is 2.30. The second kappa shape index (κ2) is 5.97. The molecular weight excluding hydrogens is 207 g/mol. The minimum Gasteiger partial charge on any atom is -0.493 e. The molecule has 0 bridgehead atoms. The van der Waals surface area contributed by atoms with E-state index in [0.717, 1.165) is 11.5 Å². The zero-order chi connectivity index (χ0) is 11.3. The van der Waals surface area contributed by atoms with Crippen LogP contribution in [0.15, 0.2) is 18.2 Å². The Kier molecular flexibility index (Phi) is 4.90. The fraction of sp³-hybridized carbons (Fsp3) is 0.500. The number of benzene rings is 1. The van der Waals surface area contributed by atoms with Crippen molar-refractivity contribution < 1.29 is 9.47 Å². The molecule has 1 aromatic carbocycles. The average molecular weight is 226 g/mol. The van der Waals surface area contributed by atoms with Crippen LogP contribution in [-0.2, 0) is 0 Å². The molecule has 1 aromatic rings. The van der Waals surface area contributed by atoms with Crippen molar-refractivity contribution in [3.8, 4) is 11.5 Å². The normalized spacial score (nSPS) is 10.5. The smallest absolute Gasteiger partial charge is 0.168 e.